The van der Waals surface area contributed by atoms with E-state index in [0.29, 0.717) is 6.01 Å². The molecule has 4 N–H and O–H groups in total. The van der Waals surface area contributed by atoms with Gasteiger partial charge in [-0.15, -0.1) is 0 Å². The minimum absolute atomic E-state index is 0.524. The van der Waals surface area contributed by atoms with Crippen LogP contribution in [0.4, 0.5) is 6.01 Å². The third-order valence-electron chi connectivity index (χ3n) is 5.15. The number of quaternary nitrogens is 1. The molecule has 1 saturated carbocycles. The summed E-state index contributed by atoms with van der Waals surface area (Å²) in [6.45, 7) is 4.27. The van der Waals surface area contributed by atoms with Crippen molar-refractivity contribution < 1.29 is 14.3 Å². The fraction of sp³-hybridized carbons (Fsp3) is 0.529. The van der Waals surface area contributed by atoms with Crippen molar-refractivity contribution in [2.45, 2.75) is 38.6 Å². The van der Waals surface area contributed by atoms with Crippen molar-refractivity contribution in [3.63, 3.8) is 0 Å². The van der Waals surface area contributed by atoms with Crippen molar-refractivity contribution in [1.82, 2.24) is 10.3 Å². The van der Waals surface area contributed by atoms with Crippen molar-refractivity contribution in [2.75, 3.05) is 18.7 Å². The summed E-state index contributed by atoms with van der Waals surface area (Å²) in [4.78, 5) is 9.48. The predicted octanol–water partition coefficient (Wildman–Crippen LogP) is -0.342. The van der Waals surface area contributed by atoms with Gasteiger partial charge in [-0.05, 0) is 31.4 Å². The van der Waals surface area contributed by atoms with E-state index in [1.807, 2.05) is 24.3 Å². The van der Waals surface area contributed by atoms with Crippen LogP contribution in [0.1, 0.15) is 32.6 Å². The van der Waals surface area contributed by atoms with Gasteiger partial charge in [0.15, 0.2) is 18.9 Å². The van der Waals surface area contributed by atoms with Gasteiger partial charge in [0.05, 0.1) is 6.04 Å². The number of benzene rings is 1. The Bertz CT molecular complexity index is 677. The van der Waals surface area contributed by atoms with Crippen molar-refractivity contribution in [3.05, 3.63) is 24.3 Å². The van der Waals surface area contributed by atoms with Crippen LogP contribution < -0.4 is 20.5 Å². The Balaban J connectivity index is 1.41. The molecule has 6 nitrogen and oxygen atoms in total. The minimum Gasteiger partial charge on any atom is -0.412 e. The van der Waals surface area contributed by atoms with Crippen LogP contribution in [-0.4, -0.2) is 30.3 Å². The topological polar surface area (TPSA) is 68.5 Å². The zero-order chi connectivity index (χ0) is 15.6. The molecule has 6 heteroatoms. The molecule has 0 bridgehead atoms. The molecule has 1 unspecified atom stereocenters. The van der Waals surface area contributed by atoms with Crippen LogP contribution in [0, 0.1) is 5.92 Å². The number of anilines is 1. The van der Waals surface area contributed by atoms with Gasteiger partial charge >= 0.3 is 12.0 Å². The SMILES string of the molecule is C[C@H]1CCCC[C@H]1[NH+]1CNC(Nc2nc3ccccc3o2)=[NH+]C1. The summed E-state index contributed by atoms with van der Waals surface area (Å²) in [7, 11) is 0. The number of hydrogen-bond donors (Lipinski definition) is 4. The average Bonchev–Trinajstić information content (AvgIpc) is 2.98. The van der Waals surface area contributed by atoms with Crippen LogP contribution in [0.25, 0.3) is 11.1 Å². The van der Waals surface area contributed by atoms with Gasteiger partial charge < -0.3 is 4.42 Å². The quantitative estimate of drug-likeness (QED) is 0.612. The number of oxazole rings is 1. The molecule has 0 radical (unpaired) electrons. The van der Waals surface area contributed by atoms with E-state index in [2.05, 4.69) is 27.5 Å². The molecule has 1 aromatic heterocycles. The summed E-state index contributed by atoms with van der Waals surface area (Å²) >= 11 is 0. The van der Waals surface area contributed by atoms with Gasteiger partial charge in [0.2, 0.25) is 0 Å². The highest BCUT2D eigenvalue weighted by molar-refractivity contribution is 5.88. The van der Waals surface area contributed by atoms with Crippen LogP contribution >= 0.6 is 0 Å². The molecule has 23 heavy (non-hydrogen) atoms. The zero-order valence-corrected chi connectivity index (χ0v) is 13.6. The Labute approximate surface area is 136 Å². The maximum atomic E-state index is 5.70. The van der Waals surface area contributed by atoms with E-state index in [9.17, 15) is 0 Å². The fourth-order valence-corrected chi connectivity index (χ4v) is 3.83. The van der Waals surface area contributed by atoms with Gasteiger partial charge in [-0.25, -0.2) is 10.3 Å². The number of hydrogen-bond acceptors (Lipinski definition) is 4. The van der Waals surface area contributed by atoms with E-state index in [1.165, 1.54) is 25.7 Å². The maximum Gasteiger partial charge on any atom is 0.365 e. The molecular formula is C17H25N5O+2. The van der Waals surface area contributed by atoms with Crippen LogP contribution in [0.5, 0.6) is 0 Å². The lowest BCUT2D eigenvalue weighted by Gasteiger charge is -2.34. The zero-order valence-electron chi connectivity index (χ0n) is 13.6. The summed E-state index contributed by atoms with van der Waals surface area (Å²) in [6, 6.07) is 9.08. The van der Waals surface area contributed by atoms with Crippen LogP contribution in [0.3, 0.4) is 0 Å². The summed E-state index contributed by atoms with van der Waals surface area (Å²) < 4.78 is 5.70. The molecule has 0 spiro atoms. The highest BCUT2D eigenvalue weighted by atomic mass is 16.4. The highest BCUT2D eigenvalue weighted by Crippen LogP contribution is 2.21. The van der Waals surface area contributed by atoms with E-state index >= 15 is 0 Å². The Morgan fingerprint density at radius 1 is 1.30 bits per heavy atom. The van der Waals surface area contributed by atoms with E-state index in [4.69, 9.17) is 4.42 Å². The summed E-state index contributed by atoms with van der Waals surface area (Å²) in [5.74, 6) is 1.69. The first-order valence-corrected chi connectivity index (χ1v) is 8.61. The van der Waals surface area contributed by atoms with Crippen molar-refractivity contribution in [2.24, 2.45) is 5.92 Å². The summed E-state index contributed by atoms with van der Waals surface area (Å²) in [5, 5.41) is 6.65. The van der Waals surface area contributed by atoms with Crippen LogP contribution in [-0.2, 0) is 0 Å². The maximum absolute atomic E-state index is 5.70. The van der Waals surface area contributed by atoms with E-state index in [0.717, 1.165) is 42.4 Å². The smallest absolute Gasteiger partial charge is 0.365 e. The molecule has 2 aliphatic rings. The van der Waals surface area contributed by atoms with Crippen molar-refractivity contribution >= 4 is 23.1 Å². The molecular weight excluding hydrogens is 290 g/mol. The Morgan fingerprint density at radius 3 is 2.96 bits per heavy atom. The molecule has 1 fully saturated rings. The second kappa shape index (κ2) is 6.20. The average molecular weight is 315 g/mol. The third-order valence-corrected chi connectivity index (χ3v) is 5.15. The van der Waals surface area contributed by atoms with Gasteiger partial charge in [-0.2, -0.15) is 10.3 Å². The van der Waals surface area contributed by atoms with Crippen LogP contribution in [0.2, 0.25) is 0 Å². The Morgan fingerprint density at radius 2 is 2.17 bits per heavy atom. The van der Waals surface area contributed by atoms with Gasteiger partial charge in [0.1, 0.15) is 5.52 Å². The molecule has 2 aromatic rings. The second-order valence-corrected chi connectivity index (χ2v) is 6.72. The first-order valence-electron chi connectivity index (χ1n) is 8.61. The molecule has 0 saturated heterocycles. The standard InChI is InChI=1S/C17H23N5O/c1-12-6-2-4-8-14(12)22-10-18-16(19-11-22)21-17-20-13-7-3-5-9-15(13)23-17/h3,5,7,9,12,14H,2,4,6,8,10-11H2,1H3,(H2,18,19,20,21)/p+2/t12-,14+/m0/s1. The first-order chi connectivity index (χ1) is 11.3. The predicted molar refractivity (Wildman–Crippen MR) is 88.9 cm³/mol. The lowest BCUT2D eigenvalue weighted by atomic mass is 9.85. The number of rotatable bonds is 2. The van der Waals surface area contributed by atoms with Gasteiger partial charge in [0, 0.05) is 5.92 Å². The molecule has 3 atom stereocenters. The van der Waals surface area contributed by atoms with Crippen molar-refractivity contribution in [3.8, 4) is 0 Å². The van der Waals surface area contributed by atoms with E-state index < -0.39 is 0 Å². The lowest BCUT2D eigenvalue weighted by molar-refractivity contribution is -1.00. The summed E-state index contributed by atoms with van der Waals surface area (Å²) in [5.41, 5.74) is 1.67. The monoisotopic (exact) mass is 315 g/mol. The normalized spacial score (nSPS) is 28.2. The Kier molecular flexibility index (Phi) is 3.91. The van der Waals surface area contributed by atoms with Gasteiger partial charge in [-0.3, -0.25) is 4.90 Å². The number of guanidine groups is 1. The highest BCUT2D eigenvalue weighted by Gasteiger charge is 2.33. The molecule has 0 amide bonds. The molecule has 122 valence electrons. The minimum atomic E-state index is 0.524. The van der Waals surface area contributed by atoms with E-state index in [-0.39, 0.29) is 0 Å². The molecule has 1 aromatic carbocycles. The first kappa shape index (κ1) is 14.5. The Hall–Kier alpha value is -2.08. The molecule has 1 aliphatic carbocycles. The molecule has 2 heterocycles. The van der Waals surface area contributed by atoms with Crippen molar-refractivity contribution in [1.29, 1.82) is 0 Å². The largest absolute Gasteiger partial charge is 0.412 e. The number of nitrogens with zero attached hydrogens (tertiary/aromatic N) is 1. The fourth-order valence-electron chi connectivity index (χ4n) is 3.83. The summed E-state index contributed by atoms with van der Waals surface area (Å²) in [6.07, 6.45) is 5.47. The number of para-hydroxylation sites is 2. The lowest BCUT2D eigenvalue weighted by Crippen LogP contribution is -3.27. The number of aromatic nitrogens is 1. The van der Waals surface area contributed by atoms with Gasteiger partial charge in [0.25, 0.3) is 0 Å². The molecule has 1 aliphatic heterocycles. The molecule has 4 rings (SSSR count). The second-order valence-electron chi connectivity index (χ2n) is 6.72. The number of fused-ring (bicyclic) bond motifs is 1. The van der Waals surface area contributed by atoms with Crippen LogP contribution in [0.15, 0.2) is 28.7 Å². The third kappa shape index (κ3) is 3.03. The van der Waals surface area contributed by atoms with E-state index in [1.54, 1.807) is 4.90 Å². The number of nitrogens with one attached hydrogen (secondary N) is 4. The van der Waals surface area contributed by atoms with Gasteiger partial charge in [-0.1, -0.05) is 25.5 Å².